The largest absolute Gasteiger partial charge is 0.508 e. The number of phenols is 1. The Morgan fingerprint density at radius 3 is 2.15 bits per heavy atom. The zero-order valence-electron chi connectivity index (χ0n) is 10.3. The first-order chi connectivity index (χ1) is 8.08. The summed E-state index contributed by atoms with van der Waals surface area (Å²) in [5.41, 5.74) is 0.540. The molecule has 0 aromatic heterocycles. The monoisotopic (exact) mass is 358 g/mol. The molecule has 1 aromatic carbocycles. The molecule has 6 heteroatoms. The van der Waals surface area contributed by atoms with Gasteiger partial charge in [-0.1, -0.05) is 33.9 Å². The van der Waals surface area contributed by atoms with Crippen LogP contribution < -0.4 is 5.32 Å². The van der Waals surface area contributed by atoms with Gasteiger partial charge >= 0.3 is 6.09 Å². The molecule has 111 valence electrons. The summed E-state index contributed by atoms with van der Waals surface area (Å²) in [5, 5.41) is 11.5. The van der Waals surface area contributed by atoms with Gasteiger partial charge in [-0.15, -0.1) is 0 Å². The molecular formula is C14H23NO4Y. The summed E-state index contributed by atoms with van der Waals surface area (Å²) in [5.74, 6) is -0.101. The maximum Gasteiger partial charge on any atom is 0.407 e. The number of aromatic hydroxyl groups is 1. The number of ketones is 1. The van der Waals surface area contributed by atoms with Gasteiger partial charge in [0.25, 0.3) is 0 Å². The van der Waals surface area contributed by atoms with E-state index in [9.17, 15) is 9.59 Å². The Kier molecular flexibility index (Phi) is 14.3. The summed E-state index contributed by atoms with van der Waals surface area (Å²) in [6.07, 6.45) is -1.33. The van der Waals surface area contributed by atoms with Gasteiger partial charge in [-0.3, -0.25) is 4.79 Å². The third-order valence-corrected chi connectivity index (χ3v) is 2.27. The molecule has 1 atom stereocenters. The fourth-order valence-corrected chi connectivity index (χ4v) is 1.32. The molecule has 2 N–H and O–H groups in total. The Morgan fingerprint density at radius 1 is 1.25 bits per heavy atom. The Balaban J connectivity index is -0.000000963. The van der Waals surface area contributed by atoms with E-state index in [4.69, 9.17) is 9.84 Å². The number of ether oxygens (including phenoxy) is 1. The van der Waals surface area contributed by atoms with E-state index in [2.05, 4.69) is 5.32 Å². The van der Waals surface area contributed by atoms with E-state index in [1.165, 1.54) is 19.2 Å². The van der Waals surface area contributed by atoms with E-state index >= 15 is 0 Å². The van der Waals surface area contributed by atoms with Crippen molar-refractivity contribution in [2.45, 2.75) is 34.3 Å². The first-order valence-corrected chi connectivity index (χ1v) is 5.28. The molecule has 1 rings (SSSR count). The molecule has 0 saturated heterocycles. The predicted molar refractivity (Wildman–Crippen MR) is 75.1 cm³/mol. The van der Waals surface area contributed by atoms with Crippen molar-refractivity contribution < 1.29 is 52.1 Å². The van der Waals surface area contributed by atoms with Crippen LogP contribution in [0.2, 0.25) is 0 Å². The van der Waals surface area contributed by atoms with Gasteiger partial charge in [0, 0.05) is 51.7 Å². The minimum atomic E-state index is -0.930. The van der Waals surface area contributed by atoms with Crippen LogP contribution in [-0.2, 0) is 42.2 Å². The SMILES string of the molecule is C.C.CCC(=O)C(OC(=O)NC)c1ccc(O)cc1.[Y]. The number of Topliss-reactive ketones (excluding diaryl/α,β-unsaturated/α-hetero) is 1. The van der Waals surface area contributed by atoms with Crippen LogP contribution in [-0.4, -0.2) is 24.0 Å². The molecule has 5 nitrogen and oxygen atoms in total. The average molecular weight is 358 g/mol. The fourth-order valence-electron chi connectivity index (χ4n) is 1.32. The van der Waals surface area contributed by atoms with Crippen molar-refractivity contribution in [2.75, 3.05) is 7.05 Å². The van der Waals surface area contributed by atoms with E-state index in [0.717, 1.165) is 0 Å². The van der Waals surface area contributed by atoms with Crippen LogP contribution in [0, 0.1) is 0 Å². The summed E-state index contributed by atoms with van der Waals surface area (Å²) >= 11 is 0. The van der Waals surface area contributed by atoms with Crippen LogP contribution in [0.15, 0.2) is 24.3 Å². The van der Waals surface area contributed by atoms with E-state index in [1.807, 2.05) is 0 Å². The summed E-state index contributed by atoms with van der Waals surface area (Å²) in [6.45, 7) is 1.70. The van der Waals surface area contributed by atoms with E-state index in [1.54, 1.807) is 19.1 Å². The molecule has 0 aliphatic rings. The minimum absolute atomic E-state index is 0. The third kappa shape index (κ3) is 7.01. The van der Waals surface area contributed by atoms with Gasteiger partial charge in [0.05, 0.1) is 0 Å². The van der Waals surface area contributed by atoms with Crippen LogP contribution in [0.25, 0.3) is 0 Å². The third-order valence-electron chi connectivity index (χ3n) is 2.27. The van der Waals surface area contributed by atoms with Crippen LogP contribution >= 0.6 is 0 Å². The molecule has 0 aliphatic carbocycles. The molecule has 0 saturated carbocycles. The maximum absolute atomic E-state index is 11.7. The zero-order valence-corrected chi connectivity index (χ0v) is 13.2. The normalized spacial score (nSPS) is 9.90. The molecule has 0 heterocycles. The number of alkyl carbamates (subject to hydrolysis) is 1. The average Bonchev–Trinajstić information content (AvgIpc) is 2.36. The molecule has 1 aromatic rings. The molecule has 0 spiro atoms. The van der Waals surface area contributed by atoms with Crippen molar-refractivity contribution in [3.05, 3.63) is 29.8 Å². The van der Waals surface area contributed by atoms with E-state index in [0.29, 0.717) is 5.56 Å². The quantitative estimate of drug-likeness (QED) is 0.868. The summed E-state index contributed by atoms with van der Waals surface area (Å²) in [4.78, 5) is 22.8. The first-order valence-electron chi connectivity index (χ1n) is 5.28. The zero-order chi connectivity index (χ0) is 12.8. The first kappa shape index (κ1) is 24.1. The van der Waals surface area contributed by atoms with Crippen molar-refractivity contribution in [3.63, 3.8) is 0 Å². The molecule has 1 unspecified atom stereocenters. The number of carbonyl (C=O) groups excluding carboxylic acids is 2. The van der Waals surface area contributed by atoms with Crippen molar-refractivity contribution in [3.8, 4) is 5.75 Å². The molecule has 20 heavy (non-hydrogen) atoms. The molecular weight excluding hydrogens is 335 g/mol. The smallest absolute Gasteiger partial charge is 0.407 e. The number of hydrogen-bond acceptors (Lipinski definition) is 4. The number of carbonyl (C=O) groups is 2. The van der Waals surface area contributed by atoms with E-state index in [-0.39, 0.29) is 65.5 Å². The van der Waals surface area contributed by atoms with Crippen molar-refractivity contribution in [1.82, 2.24) is 5.32 Å². The number of phenolic OH excluding ortho intramolecular Hbond substituents is 1. The molecule has 0 aliphatic heterocycles. The van der Waals surface area contributed by atoms with Crippen LogP contribution in [0.5, 0.6) is 5.75 Å². The second-order valence-corrected chi connectivity index (χ2v) is 3.45. The predicted octanol–water partition coefficient (Wildman–Crippen LogP) is 3.04. The van der Waals surface area contributed by atoms with Gasteiger partial charge in [0.1, 0.15) is 5.75 Å². The van der Waals surface area contributed by atoms with E-state index < -0.39 is 12.2 Å². The van der Waals surface area contributed by atoms with Crippen LogP contribution in [0.3, 0.4) is 0 Å². The topological polar surface area (TPSA) is 75.6 Å². The maximum atomic E-state index is 11.7. The summed E-state index contributed by atoms with van der Waals surface area (Å²) in [7, 11) is 1.42. The number of rotatable bonds is 4. The van der Waals surface area contributed by atoms with Gasteiger partial charge < -0.3 is 15.2 Å². The second-order valence-electron chi connectivity index (χ2n) is 3.45. The Labute approximate surface area is 146 Å². The number of nitrogens with one attached hydrogen (secondary N) is 1. The molecule has 0 bridgehead atoms. The van der Waals surface area contributed by atoms with Crippen molar-refractivity contribution >= 4 is 11.9 Å². The van der Waals surface area contributed by atoms with Gasteiger partial charge in [0.15, 0.2) is 11.9 Å². The van der Waals surface area contributed by atoms with Crippen LogP contribution in [0.1, 0.15) is 39.9 Å². The number of hydrogen-bond donors (Lipinski definition) is 2. The minimum Gasteiger partial charge on any atom is -0.508 e. The van der Waals surface area contributed by atoms with Crippen molar-refractivity contribution in [2.24, 2.45) is 0 Å². The van der Waals surface area contributed by atoms with Gasteiger partial charge in [-0.25, -0.2) is 4.79 Å². The standard InChI is InChI=1S/C12H15NO4.2CH4.Y/c1-3-10(15)11(17-12(16)13-2)8-4-6-9(14)7-5-8;;;/h4-7,11,14H,3H2,1-2H3,(H,13,16);2*1H4;. The van der Waals surface area contributed by atoms with Gasteiger partial charge in [0.2, 0.25) is 0 Å². The second kappa shape index (κ2) is 11.9. The van der Waals surface area contributed by atoms with Gasteiger partial charge in [-0.05, 0) is 12.1 Å². The number of benzene rings is 1. The molecule has 1 radical (unpaired) electrons. The molecule has 1 amide bonds. The Bertz CT molecular complexity index is 406. The fraction of sp³-hybridized carbons (Fsp3) is 0.429. The summed E-state index contributed by atoms with van der Waals surface area (Å²) in [6, 6.07) is 5.99. The van der Waals surface area contributed by atoms with Crippen molar-refractivity contribution in [1.29, 1.82) is 0 Å². The Hall–Kier alpha value is -0.936. The summed E-state index contributed by atoms with van der Waals surface area (Å²) < 4.78 is 5.00. The number of amides is 1. The molecule has 0 fully saturated rings. The van der Waals surface area contributed by atoms with Crippen LogP contribution in [0.4, 0.5) is 4.79 Å². The van der Waals surface area contributed by atoms with Gasteiger partial charge in [-0.2, -0.15) is 0 Å². The Morgan fingerprint density at radius 2 is 1.75 bits per heavy atom.